The Morgan fingerprint density at radius 1 is 1.32 bits per heavy atom. The van der Waals surface area contributed by atoms with Gasteiger partial charge in [-0.2, -0.15) is 0 Å². The van der Waals surface area contributed by atoms with E-state index in [1.807, 2.05) is 0 Å². The first kappa shape index (κ1) is 14.1. The molecule has 19 heavy (non-hydrogen) atoms. The van der Waals surface area contributed by atoms with E-state index in [4.69, 9.17) is 5.11 Å². The molecule has 0 bridgehead atoms. The van der Waals surface area contributed by atoms with Crippen molar-refractivity contribution in [1.29, 1.82) is 0 Å². The zero-order valence-electron chi connectivity index (χ0n) is 12.0. The molecule has 104 valence electrons. The third-order valence-corrected chi connectivity index (χ3v) is 4.32. The molecule has 0 saturated carbocycles. The number of hydrogen-bond donors (Lipinski definition) is 2. The molecular formula is C17H25NO. The van der Waals surface area contributed by atoms with Crippen molar-refractivity contribution < 1.29 is 5.11 Å². The Morgan fingerprint density at radius 2 is 2.05 bits per heavy atom. The minimum absolute atomic E-state index is 0.0584. The van der Waals surface area contributed by atoms with Crippen LogP contribution < -0.4 is 5.32 Å². The van der Waals surface area contributed by atoms with Crippen LogP contribution >= 0.6 is 0 Å². The molecule has 2 N–H and O–H groups in total. The smallest absolute Gasteiger partial charge is 0.0431 e. The topological polar surface area (TPSA) is 32.3 Å². The maximum atomic E-state index is 8.98. The maximum Gasteiger partial charge on any atom is 0.0431 e. The van der Waals surface area contributed by atoms with Gasteiger partial charge in [0.2, 0.25) is 0 Å². The number of aliphatic hydroxyl groups is 1. The fourth-order valence-corrected chi connectivity index (χ4v) is 3.03. The van der Waals surface area contributed by atoms with Crippen LogP contribution in [0.4, 0.5) is 5.69 Å². The Kier molecular flexibility index (Phi) is 4.31. The first-order valence-corrected chi connectivity index (χ1v) is 7.20. The highest BCUT2D eigenvalue weighted by Crippen LogP contribution is 2.45. The zero-order chi connectivity index (χ0) is 13.9. The van der Waals surface area contributed by atoms with Crippen molar-refractivity contribution in [2.24, 2.45) is 5.41 Å². The molecule has 1 aromatic carbocycles. The zero-order valence-corrected chi connectivity index (χ0v) is 12.0. The number of rotatable bonds is 6. The molecule has 1 heterocycles. The quantitative estimate of drug-likeness (QED) is 0.599. The molecule has 0 radical (unpaired) electrons. The first-order valence-electron chi connectivity index (χ1n) is 7.20. The molecular weight excluding hydrogens is 234 g/mol. The molecule has 2 rings (SSSR count). The maximum absolute atomic E-state index is 8.98. The van der Waals surface area contributed by atoms with E-state index in [1.165, 1.54) is 11.3 Å². The van der Waals surface area contributed by atoms with Crippen LogP contribution in [0.3, 0.4) is 0 Å². The summed E-state index contributed by atoms with van der Waals surface area (Å²) in [5.41, 5.74) is 2.74. The highest BCUT2D eigenvalue weighted by Gasteiger charge is 2.39. The van der Waals surface area contributed by atoms with Crippen molar-refractivity contribution in [1.82, 2.24) is 0 Å². The number of para-hydroxylation sites is 1. The molecule has 0 aromatic heterocycles. The number of nitrogens with one attached hydrogen (secondary N) is 1. The third-order valence-electron chi connectivity index (χ3n) is 4.32. The number of hydrogen-bond acceptors (Lipinski definition) is 2. The number of benzene rings is 1. The second-order valence-electron chi connectivity index (χ2n) is 6.06. The van der Waals surface area contributed by atoms with Gasteiger partial charge < -0.3 is 10.4 Å². The monoisotopic (exact) mass is 259 g/mol. The van der Waals surface area contributed by atoms with Gasteiger partial charge in [0.05, 0.1) is 0 Å². The molecule has 1 aromatic rings. The van der Waals surface area contributed by atoms with Gasteiger partial charge in [0.25, 0.3) is 0 Å². The van der Waals surface area contributed by atoms with E-state index in [2.05, 4.69) is 56.1 Å². The van der Waals surface area contributed by atoms with Crippen LogP contribution in [0.25, 0.3) is 0 Å². The van der Waals surface area contributed by atoms with Crippen molar-refractivity contribution >= 4 is 5.69 Å². The summed E-state index contributed by atoms with van der Waals surface area (Å²) in [6.45, 7) is 8.76. The van der Waals surface area contributed by atoms with Gasteiger partial charge in [-0.05, 0) is 24.5 Å². The van der Waals surface area contributed by atoms with Crippen LogP contribution in [0.5, 0.6) is 0 Å². The minimum atomic E-state index is 0.0584. The van der Waals surface area contributed by atoms with Gasteiger partial charge in [-0.1, -0.05) is 44.5 Å². The normalized spacial score (nSPS) is 21.8. The number of aliphatic hydroxyl groups excluding tert-OH is 1. The van der Waals surface area contributed by atoms with Crippen LogP contribution in [-0.4, -0.2) is 17.8 Å². The average Bonchev–Trinajstić information content (AvgIpc) is 2.79. The average molecular weight is 259 g/mol. The molecule has 1 aliphatic heterocycles. The van der Waals surface area contributed by atoms with Gasteiger partial charge in [-0.15, -0.1) is 6.58 Å². The van der Waals surface area contributed by atoms with E-state index in [0.717, 1.165) is 19.3 Å². The lowest BCUT2D eigenvalue weighted by atomic mass is 9.75. The molecule has 0 unspecified atom stereocenters. The number of unbranched alkanes of at least 4 members (excludes halogenated alkanes) is 1. The Morgan fingerprint density at radius 3 is 2.74 bits per heavy atom. The van der Waals surface area contributed by atoms with Gasteiger partial charge in [-0.25, -0.2) is 0 Å². The number of fused-ring (bicyclic) bond motifs is 1. The minimum Gasteiger partial charge on any atom is -0.396 e. The Bertz CT molecular complexity index is 439. The summed E-state index contributed by atoms with van der Waals surface area (Å²) < 4.78 is 0. The van der Waals surface area contributed by atoms with Crippen LogP contribution in [0.2, 0.25) is 0 Å². The van der Waals surface area contributed by atoms with Gasteiger partial charge in [-0.3, -0.25) is 0 Å². The Hall–Kier alpha value is -1.28. The van der Waals surface area contributed by atoms with Crippen molar-refractivity contribution in [3.05, 3.63) is 42.5 Å². The van der Waals surface area contributed by atoms with Crippen LogP contribution in [0.15, 0.2) is 36.9 Å². The largest absolute Gasteiger partial charge is 0.396 e. The summed E-state index contributed by atoms with van der Waals surface area (Å²) in [6.07, 6.45) is 5.13. The highest BCUT2D eigenvalue weighted by molar-refractivity contribution is 5.60. The molecule has 2 atom stereocenters. The van der Waals surface area contributed by atoms with Crippen LogP contribution in [0, 0.1) is 5.41 Å². The lowest BCUT2D eigenvalue weighted by Crippen LogP contribution is -2.35. The van der Waals surface area contributed by atoms with E-state index < -0.39 is 0 Å². The third kappa shape index (κ3) is 2.84. The fourth-order valence-electron chi connectivity index (χ4n) is 3.03. The molecule has 2 nitrogen and oxygen atoms in total. The first-order chi connectivity index (χ1) is 9.10. The second-order valence-corrected chi connectivity index (χ2v) is 6.06. The molecule has 2 heteroatoms. The van der Waals surface area contributed by atoms with E-state index in [0.29, 0.717) is 12.0 Å². The predicted octanol–water partition coefficient (Wildman–Crippen LogP) is 3.94. The SMILES string of the molecule is C=CC(C)(C)[C@@H]1Nc2ccccc2[C@H]1CCCCO. The van der Waals surface area contributed by atoms with Crippen LogP contribution in [-0.2, 0) is 0 Å². The summed E-state index contributed by atoms with van der Waals surface area (Å²) in [4.78, 5) is 0. The molecule has 1 aliphatic rings. The molecule has 0 aliphatic carbocycles. The highest BCUT2D eigenvalue weighted by atomic mass is 16.2. The second kappa shape index (κ2) is 5.79. The molecule has 0 amide bonds. The summed E-state index contributed by atoms with van der Waals surface area (Å²) in [5, 5.41) is 12.6. The summed E-state index contributed by atoms with van der Waals surface area (Å²) >= 11 is 0. The summed E-state index contributed by atoms with van der Waals surface area (Å²) in [6, 6.07) is 8.97. The molecule has 0 spiro atoms. The molecule has 0 fully saturated rings. The Balaban J connectivity index is 2.23. The van der Waals surface area contributed by atoms with Crippen molar-refractivity contribution in [2.75, 3.05) is 11.9 Å². The lowest BCUT2D eigenvalue weighted by Gasteiger charge is -2.33. The van der Waals surface area contributed by atoms with E-state index >= 15 is 0 Å². The van der Waals surface area contributed by atoms with Gasteiger partial charge >= 0.3 is 0 Å². The van der Waals surface area contributed by atoms with Crippen molar-refractivity contribution in [3.63, 3.8) is 0 Å². The summed E-state index contributed by atoms with van der Waals surface area (Å²) in [7, 11) is 0. The molecule has 0 saturated heterocycles. The van der Waals surface area contributed by atoms with E-state index in [-0.39, 0.29) is 12.0 Å². The van der Waals surface area contributed by atoms with Gasteiger partial charge in [0.1, 0.15) is 0 Å². The van der Waals surface area contributed by atoms with Gasteiger partial charge in [0, 0.05) is 29.7 Å². The predicted molar refractivity (Wildman–Crippen MR) is 81.5 cm³/mol. The fraction of sp³-hybridized carbons (Fsp3) is 0.529. The van der Waals surface area contributed by atoms with Crippen LogP contribution in [0.1, 0.15) is 44.6 Å². The van der Waals surface area contributed by atoms with Gasteiger partial charge in [0.15, 0.2) is 0 Å². The van der Waals surface area contributed by atoms with Crippen molar-refractivity contribution in [2.45, 2.75) is 45.1 Å². The number of anilines is 1. The summed E-state index contributed by atoms with van der Waals surface area (Å²) in [5.74, 6) is 0.510. The van der Waals surface area contributed by atoms with E-state index in [9.17, 15) is 0 Å². The van der Waals surface area contributed by atoms with Crippen molar-refractivity contribution in [3.8, 4) is 0 Å². The van der Waals surface area contributed by atoms with E-state index in [1.54, 1.807) is 0 Å². The lowest BCUT2D eigenvalue weighted by molar-refractivity contribution is 0.275. The Labute approximate surface area is 116 Å². The standard InChI is InChI=1S/C17H25NO/c1-4-17(2,3)16-14(10-7-8-12-19)13-9-5-6-11-15(13)18-16/h4-6,9,11,14,16,18-19H,1,7-8,10,12H2,2-3H3/t14-,16-/m1/s1.